The summed E-state index contributed by atoms with van der Waals surface area (Å²) in [4.78, 5) is 27.3. The van der Waals surface area contributed by atoms with Crippen molar-refractivity contribution in [2.45, 2.75) is 88.8 Å². The second kappa shape index (κ2) is 7.91. The Bertz CT molecular complexity index is 1170. The summed E-state index contributed by atoms with van der Waals surface area (Å²) in [6.07, 6.45) is 5.32. The largest absolute Gasteiger partial charge is 0.391 e. The molecule has 2 N–H and O–H groups in total. The van der Waals surface area contributed by atoms with E-state index in [2.05, 4.69) is 19.1 Å². The summed E-state index contributed by atoms with van der Waals surface area (Å²) in [5.41, 5.74) is 0.687. The molecule has 1 heterocycles. The van der Waals surface area contributed by atoms with Gasteiger partial charge in [-0.05, 0) is 73.5 Å². The monoisotopic (exact) mass is 511 g/mol. The first-order valence-electron chi connectivity index (χ1n) is 13.7. The molecule has 0 bridgehead atoms. The van der Waals surface area contributed by atoms with Gasteiger partial charge in [0.1, 0.15) is 0 Å². The highest BCUT2D eigenvalue weighted by atomic mass is 35.5. The molecule has 6 heteroatoms. The van der Waals surface area contributed by atoms with Gasteiger partial charge in [0.2, 0.25) is 0 Å². The molecule has 4 unspecified atom stereocenters. The van der Waals surface area contributed by atoms with Gasteiger partial charge < -0.3 is 15.1 Å². The molecule has 0 spiro atoms. The summed E-state index contributed by atoms with van der Waals surface area (Å²) in [5.74, 6) is -0.297. The smallest absolute Gasteiger partial charge is 0.255 e. The Morgan fingerprint density at radius 1 is 1.11 bits per heavy atom. The summed E-state index contributed by atoms with van der Waals surface area (Å²) in [6, 6.07) is 8.21. The Kier molecular flexibility index (Phi) is 5.41. The number of halogens is 1. The van der Waals surface area contributed by atoms with E-state index in [-0.39, 0.29) is 35.9 Å². The predicted octanol–water partition coefficient (Wildman–Crippen LogP) is 4.41. The van der Waals surface area contributed by atoms with Crippen LogP contribution < -0.4 is 0 Å². The summed E-state index contributed by atoms with van der Waals surface area (Å²) >= 11 is 7.56. The average molecular weight is 512 g/mol. The van der Waals surface area contributed by atoms with Gasteiger partial charge in [0, 0.05) is 30.3 Å². The quantitative estimate of drug-likeness (QED) is 0.547. The fraction of sp³-hybridized carbons (Fsp3) is 0.667. The Hall–Kier alpha value is -1.69. The highest BCUT2D eigenvalue weighted by Crippen LogP contribution is 2.72. The molecule has 5 nitrogen and oxygen atoms in total. The van der Waals surface area contributed by atoms with E-state index in [4.69, 9.17) is 11.6 Å². The van der Waals surface area contributed by atoms with E-state index in [1.807, 2.05) is 30.9 Å². The molecule has 0 saturated heterocycles. The normalized spacial score (nSPS) is 45.8. The van der Waals surface area contributed by atoms with Crippen molar-refractivity contribution in [1.82, 2.24) is 4.90 Å². The van der Waals surface area contributed by atoms with Crippen LogP contribution in [-0.2, 0) is 22.6 Å². The fourth-order valence-electron chi connectivity index (χ4n) is 9.27. The molecule has 3 saturated carbocycles. The zero-order chi connectivity index (χ0) is 25.7. The second-order valence-electron chi connectivity index (χ2n) is 12.8. The van der Waals surface area contributed by atoms with Crippen LogP contribution in [0.3, 0.4) is 0 Å². The van der Waals surface area contributed by atoms with E-state index in [0.717, 1.165) is 30.4 Å². The Morgan fingerprint density at radius 2 is 1.83 bits per heavy atom. The van der Waals surface area contributed by atoms with Crippen LogP contribution in [0.2, 0.25) is 0 Å². The van der Waals surface area contributed by atoms with E-state index in [9.17, 15) is 19.8 Å². The highest BCUT2D eigenvalue weighted by Gasteiger charge is 2.75. The van der Waals surface area contributed by atoms with Gasteiger partial charge in [-0.2, -0.15) is 0 Å². The third-order valence-electron chi connectivity index (χ3n) is 11.4. The first kappa shape index (κ1) is 24.6. The van der Waals surface area contributed by atoms with Crippen LogP contribution in [0.4, 0.5) is 0 Å². The molecule has 4 aliphatic carbocycles. The Morgan fingerprint density at radius 3 is 2.58 bits per heavy atom. The minimum atomic E-state index is -1.55. The number of aliphatic hydroxyl groups excluding tert-OH is 1. The number of fused-ring (bicyclic) bond motifs is 6. The number of allylic oxidation sites excluding steroid dienone is 1. The molecule has 0 radical (unpaired) electrons. The number of carbonyl (C=O) groups is 2. The van der Waals surface area contributed by atoms with Gasteiger partial charge in [0.15, 0.2) is 11.4 Å². The maximum atomic E-state index is 14.2. The summed E-state index contributed by atoms with van der Waals surface area (Å²) in [6.45, 7) is 7.25. The maximum Gasteiger partial charge on any atom is 0.255 e. The molecule has 1 aromatic carbocycles. The zero-order valence-electron chi connectivity index (χ0n) is 21.6. The molecular weight excluding hydrogens is 474 g/mol. The maximum absolute atomic E-state index is 14.2. The van der Waals surface area contributed by atoms with Gasteiger partial charge in [0.25, 0.3) is 5.91 Å². The molecule has 0 aromatic heterocycles. The number of amides is 1. The van der Waals surface area contributed by atoms with Crippen molar-refractivity contribution in [1.29, 1.82) is 0 Å². The lowest BCUT2D eigenvalue weighted by Crippen LogP contribution is -2.70. The van der Waals surface area contributed by atoms with Gasteiger partial charge in [-0.3, -0.25) is 9.59 Å². The Labute approximate surface area is 218 Å². The number of hydrogen-bond acceptors (Lipinski definition) is 4. The van der Waals surface area contributed by atoms with Crippen molar-refractivity contribution in [3.8, 4) is 0 Å². The molecule has 1 aliphatic heterocycles. The average Bonchev–Trinajstić information content (AvgIpc) is 3.06. The van der Waals surface area contributed by atoms with Gasteiger partial charge in [-0.1, -0.05) is 50.6 Å². The minimum Gasteiger partial charge on any atom is -0.391 e. The van der Waals surface area contributed by atoms with Crippen molar-refractivity contribution in [2.24, 2.45) is 28.6 Å². The van der Waals surface area contributed by atoms with Crippen LogP contribution in [-0.4, -0.2) is 49.9 Å². The predicted molar refractivity (Wildman–Crippen MR) is 138 cm³/mol. The highest BCUT2D eigenvalue weighted by molar-refractivity contribution is 6.26. The van der Waals surface area contributed by atoms with Crippen LogP contribution in [0.15, 0.2) is 35.9 Å². The topological polar surface area (TPSA) is 77.8 Å². The van der Waals surface area contributed by atoms with Crippen LogP contribution in [0.25, 0.3) is 0 Å². The zero-order valence-corrected chi connectivity index (χ0v) is 22.4. The Balaban J connectivity index is 1.36. The van der Waals surface area contributed by atoms with Gasteiger partial charge in [-0.25, -0.2) is 0 Å². The lowest BCUT2D eigenvalue weighted by Gasteiger charge is -2.64. The SMILES string of the molecule is C[C@@H]1CC2C3CCC4=CC(=O)CCC4(C)[C@@]3(Cl)[C@@H](O)CC2(C)[C@@]1(O)C(=O)N1CCc2ccccc2C1. The fourth-order valence-corrected chi connectivity index (χ4v) is 9.83. The summed E-state index contributed by atoms with van der Waals surface area (Å²) < 4.78 is 0. The minimum absolute atomic E-state index is 0.0235. The molecule has 194 valence electrons. The number of carbonyl (C=O) groups excluding carboxylic acids is 2. The van der Waals surface area contributed by atoms with E-state index >= 15 is 0 Å². The molecular formula is C30H38ClNO4. The van der Waals surface area contributed by atoms with E-state index in [1.54, 1.807) is 6.08 Å². The van der Waals surface area contributed by atoms with Crippen LogP contribution in [0.1, 0.15) is 70.4 Å². The second-order valence-corrected chi connectivity index (χ2v) is 13.4. The van der Waals surface area contributed by atoms with Gasteiger partial charge in [-0.15, -0.1) is 11.6 Å². The molecule has 3 fully saturated rings. The summed E-state index contributed by atoms with van der Waals surface area (Å²) in [7, 11) is 0. The molecule has 1 aromatic rings. The van der Waals surface area contributed by atoms with Crippen molar-refractivity contribution in [2.75, 3.05) is 6.54 Å². The van der Waals surface area contributed by atoms with E-state index < -0.39 is 27.4 Å². The van der Waals surface area contributed by atoms with Crippen LogP contribution in [0.5, 0.6) is 0 Å². The van der Waals surface area contributed by atoms with Crippen LogP contribution in [0, 0.1) is 28.6 Å². The number of benzene rings is 1. The van der Waals surface area contributed by atoms with Crippen molar-refractivity contribution >= 4 is 23.3 Å². The lowest BCUT2D eigenvalue weighted by atomic mass is 9.45. The number of hydrogen-bond donors (Lipinski definition) is 2. The lowest BCUT2D eigenvalue weighted by molar-refractivity contribution is -0.191. The standard InChI is InChI=1S/C30H38ClNO4/c1-18-14-24-23-9-8-21-15-22(33)10-12-27(21,2)29(23,31)25(34)16-28(24,3)30(18,36)26(35)32-13-11-19-6-4-5-7-20(19)17-32/h4-7,15,18,23-25,34,36H,8-14,16-17H2,1-3H3/t18-,23?,24?,25+,27?,28?,29+,30+/m1/s1. The molecule has 6 rings (SSSR count). The number of aliphatic hydroxyl groups is 2. The van der Waals surface area contributed by atoms with Crippen LogP contribution >= 0.6 is 11.6 Å². The van der Waals surface area contributed by atoms with Crippen molar-refractivity contribution < 1.29 is 19.8 Å². The number of alkyl halides is 1. The summed E-state index contributed by atoms with van der Waals surface area (Å²) in [5, 5.41) is 24.2. The van der Waals surface area contributed by atoms with Crippen molar-refractivity contribution in [3.05, 3.63) is 47.0 Å². The number of nitrogens with zero attached hydrogens (tertiary/aromatic N) is 1. The first-order valence-corrected chi connectivity index (χ1v) is 14.0. The molecule has 36 heavy (non-hydrogen) atoms. The van der Waals surface area contributed by atoms with Gasteiger partial charge >= 0.3 is 0 Å². The number of rotatable bonds is 1. The molecule has 1 amide bonds. The first-order chi connectivity index (χ1) is 17.0. The van der Waals surface area contributed by atoms with E-state index in [0.29, 0.717) is 32.4 Å². The van der Waals surface area contributed by atoms with Crippen molar-refractivity contribution in [3.63, 3.8) is 0 Å². The number of ketones is 1. The third-order valence-corrected chi connectivity index (χ3v) is 12.3. The molecule has 8 atom stereocenters. The molecule has 5 aliphatic rings. The third kappa shape index (κ3) is 2.91. The van der Waals surface area contributed by atoms with Gasteiger partial charge in [0.05, 0.1) is 11.0 Å². The van der Waals surface area contributed by atoms with E-state index in [1.165, 1.54) is 5.56 Å².